The second-order valence-corrected chi connectivity index (χ2v) is 6.43. The van der Waals surface area contributed by atoms with Gasteiger partial charge in [0.2, 0.25) is 0 Å². The van der Waals surface area contributed by atoms with E-state index in [4.69, 9.17) is 0 Å². The number of hydrogen-bond donors (Lipinski definition) is 1. The average Bonchev–Trinajstić information content (AvgIpc) is 3.10. The summed E-state index contributed by atoms with van der Waals surface area (Å²) in [5.41, 5.74) is 0.135. The Bertz CT molecular complexity index is 464. The van der Waals surface area contributed by atoms with E-state index in [1.54, 1.807) is 11.9 Å². The lowest BCUT2D eigenvalue weighted by atomic mass is 10.0. The van der Waals surface area contributed by atoms with Crippen LogP contribution in [0.25, 0.3) is 0 Å². The average molecular weight is 315 g/mol. The minimum Gasteiger partial charge on any atom is -0.394 e. The lowest BCUT2D eigenvalue weighted by Crippen LogP contribution is -2.48. The van der Waals surface area contributed by atoms with Crippen LogP contribution < -0.4 is 0 Å². The summed E-state index contributed by atoms with van der Waals surface area (Å²) in [7, 11) is 1.73. The third-order valence-corrected chi connectivity index (χ3v) is 4.01. The molecular weight excluding hydrogens is 296 g/mol. The first-order valence-corrected chi connectivity index (χ1v) is 6.92. The molecule has 0 spiro atoms. The van der Waals surface area contributed by atoms with Gasteiger partial charge in [0, 0.05) is 23.8 Å². The smallest absolute Gasteiger partial charge is 0.270 e. The van der Waals surface area contributed by atoms with Crippen molar-refractivity contribution in [1.82, 2.24) is 9.47 Å². The third-order valence-electron chi connectivity index (χ3n) is 3.57. The maximum atomic E-state index is 12.5. The molecule has 0 unspecified atom stereocenters. The summed E-state index contributed by atoms with van der Waals surface area (Å²) in [6.07, 6.45) is 4.23. The van der Waals surface area contributed by atoms with Gasteiger partial charge in [0.15, 0.2) is 0 Å². The zero-order valence-corrected chi connectivity index (χ0v) is 12.6. The van der Waals surface area contributed by atoms with Crippen LogP contribution in [-0.2, 0) is 0 Å². The molecule has 100 valence electrons. The van der Waals surface area contributed by atoms with Crippen molar-refractivity contribution in [2.75, 3.05) is 13.7 Å². The molecule has 18 heavy (non-hydrogen) atoms. The van der Waals surface area contributed by atoms with E-state index in [-0.39, 0.29) is 12.5 Å². The van der Waals surface area contributed by atoms with E-state index < -0.39 is 5.54 Å². The molecule has 1 aliphatic carbocycles. The van der Waals surface area contributed by atoms with Gasteiger partial charge in [-0.25, -0.2) is 0 Å². The zero-order chi connectivity index (χ0) is 13.5. The number of nitrogens with zero attached hydrogens (tertiary/aromatic N) is 2. The van der Waals surface area contributed by atoms with Crippen molar-refractivity contribution in [3.8, 4) is 0 Å². The number of aliphatic hydroxyl groups is 1. The lowest BCUT2D eigenvalue weighted by Gasteiger charge is -2.34. The van der Waals surface area contributed by atoms with Gasteiger partial charge < -0.3 is 14.6 Å². The summed E-state index contributed by atoms with van der Waals surface area (Å²) >= 11 is 3.42. The first kappa shape index (κ1) is 13.6. The van der Waals surface area contributed by atoms with Crippen LogP contribution in [0.15, 0.2) is 16.7 Å². The molecular formula is C13H19BrN2O2. The van der Waals surface area contributed by atoms with Crippen molar-refractivity contribution in [3.63, 3.8) is 0 Å². The van der Waals surface area contributed by atoms with E-state index in [1.807, 2.05) is 30.7 Å². The monoisotopic (exact) mass is 314 g/mol. The number of carbonyl (C=O) groups is 1. The summed E-state index contributed by atoms with van der Waals surface area (Å²) in [5.74, 6) is -0.0494. The lowest BCUT2D eigenvalue weighted by molar-refractivity contribution is 0.0463. The Morgan fingerprint density at radius 1 is 1.61 bits per heavy atom. The molecule has 2 rings (SSSR count). The van der Waals surface area contributed by atoms with Crippen LogP contribution in [0.1, 0.15) is 43.2 Å². The highest BCUT2D eigenvalue weighted by molar-refractivity contribution is 9.10. The van der Waals surface area contributed by atoms with Crippen molar-refractivity contribution in [2.24, 2.45) is 0 Å². The fraction of sp³-hybridized carbons (Fsp3) is 0.615. The molecule has 1 aromatic rings. The molecule has 1 saturated carbocycles. The second kappa shape index (κ2) is 4.70. The van der Waals surface area contributed by atoms with Crippen molar-refractivity contribution in [3.05, 3.63) is 22.4 Å². The van der Waals surface area contributed by atoms with Gasteiger partial charge in [0.25, 0.3) is 5.91 Å². The number of likely N-dealkylation sites (N-methyl/N-ethyl adjacent to an activating group) is 1. The van der Waals surface area contributed by atoms with Crippen LogP contribution in [0.2, 0.25) is 0 Å². The summed E-state index contributed by atoms with van der Waals surface area (Å²) in [5, 5.41) is 9.35. The Balaban J connectivity index is 2.28. The fourth-order valence-corrected chi connectivity index (χ4v) is 2.26. The minimum atomic E-state index is -0.553. The van der Waals surface area contributed by atoms with Gasteiger partial charge in [-0.1, -0.05) is 0 Å². The molecule has 0 bridgehead atoms. The van der Waals surface area contributed by atoms with Gasteiger partial charge in [-0.05, 0) is 48.7 Å². The van der Waals surface area contributed by atoms with Gasteiger partial charge >= 0.3 is 0 Å². The van der Waals surface area contributed by atoms with E-state index in [9.17, 15) is 9.90 Å². The Morgan fingerprint density at radius 2 is 2.22 bits per heavy atom. The molecule has 0 radical (unpaired) electrons. The molecule has 4 nitrogen and oxygen atoms in total. The molecule has 1 aliphatic rings. The molecule has 5 heteroatoms. The normalized spacial score (nSPS) is 15.8. The predicted molar refractivity (Wildman–Crippen MR) is 73.7 cm³/mol. The van der Waals surface area contributed by atoms with Crippen LogP contribution in [-0.4, -0.2) is 39.7 Å². The van der Waals surface area contributed by atoms with Gasteiger partial charge in [-0.3, -0.25) is 4.79 Å². The van der Waals surface area contributed by atoms with E-state index in [0.29, 0.717) is 11.7 Å². The van der Waals surface area contributed by atoms with E-state index >= 15 is 0 Å². The van der Waals surface area contributed by atoms with Crippen LogP contribution in [0.4, 0.5) is 0 Å². The summed E-state index contributed by atoms with van der Waals surface area (Å²) in [4.78, 5) is 14.1. The highest BCUT2D eigenvalue weighted by atomic mass is 79.9. The van der Waals surface area contributed by atoms with Gasteiger partial charge in [-0.15, -0.1) is 0 Å². The highest BCUT2D eigenvalue weighted by Crippen LogP contribution is 2.38. The zero-order valence-electron chi connectivity index (χ0n) is 11.0. The standard InChI is InChI=1S/C13H19BrN2O2/c1-13(2,8-17)15(3)12(18)11-6-9(14)7-16(11)10-4-5-10/h6-7,10,17H,4-5,8H2,1-3H3. The molecule has 1 aromatic heterocycles. The second-order valence-electron chi connectivity index (χ2n) is 5.52. The number of aliphatic hydroxyl groups excluding tert-OH is 1. The van der Waals surface area contributed by atoms with Crippen molar-refractivity contribution < 1.29 is 9.90 Å². The quantitative estimate of drug-likeness (QED) is 0.927. The number of amides is 1. The molecule has 0 aromatic carbocycles. The fourth-order valence-electron chi connectivity index (χ4n) is 1.82. The molecule has 1 heterocycles. The summed E-state index contributed by atoms with van der Waals surface area (Å²) in [6, 6.07) is 2.31. The van der Waals surface area contributed by atoms with Crippen molar-refractivity contribution in [1.29, 1.82) is 0 Å². The molecule has 1 amide bonds. The largest absolute Gasteiger partial charge is 0.394 e. The van der Waals surface area contributed by atoms with Gasteiger partial charge in [-0.2, -0.15) is 0 Å². The number of hydrogen-bond acceptors (Lipinski definition) is 2. The first-order chi connectivity index (χ1) is 8.36. The molecule has 1 fully saturated rings. The summed E-state index contributed by atoms with van der Waals surface area (Å²) in [6.45, 7) is 3.65. The van der Waals surface area contributed by atoms with Gasteiger partial charge in [0.05, 0.1) is 12.1 Å². The Labute approximate surface area is 116 Å². The number of halogens is 1. The molecule has 0 atom stereocenters. The van der Waals surface area contributed by atoms with Crippen LogP contribution in [0.5, 0.6) is 0 Å². The molecule has 1 N–H and O–H groups in total. The van der Waals surface area contributed by atoms with Crippen LogP contribution in [0, 0.1) is 0 Å². The Hall–Kier alpha value is -0.810. The maximum absolute atomic E-state index is 12.5. The summed E-state index contributed by atoms with van der Waals surface area (Å²) < 4.78 is 2.96. The van der Waals surface area contributed by atoms with Crippen LogP contribution in [0.3, 0.4) is 0 Å². The number of rotatable bonds is 4. The van der Waals surface area contributed by atoms with E-state index in [0.717, 1.165) is 17.3 Å². The van der Waals surface area contributed by atoms with E-state index in [2.05, 4.69) is 15.9 Å². The SMILES string of the molecule is CN(C(=O)c1cc(Br)cn1C1CC1)C(C)(C)CO. The van der Waals surface area contributed by atoms with Gasteiger partial charge in [0.1, 0.15) is 5.69 Å². The number of aromatic nitrogens is 1. The molecule has 0 aliphatic heterocycles. The van der Waals surface area contributed by atoms with Crippen molar-refractivity contribution >= 4 is 21.8 Å². The topological polar surface area (TPSA) is 45.5 Å². The maximum Gasteiger partial charge on any atom is 0.270 e. The Kier molecular flexibility index (Phi) is 3.56. The van der Waals surface area contributed by atoms with E-state index in [1.165, 1.54) is 0 Å². The number of carbonyl (C=O) groups excluding carboxylic acids is 1. The third kappa shape index (κ3) is 2.47. The minimum absolute atomic E-state index is 0.0494. The van der Waals surface area contributed by atoms with Crippen LogP contribution >= 0.6 is 15.9 Å². The Morgan fingerprint density at radius 3 is 2.72 bits per heavy atom. The predicted octanol–water partition coefficient (Wildman–Crippen LogP) is 2.43. The molecule has 0 saturated heterocycles. The highest BCUT2D eigenvalue weighted by Gasteiger charge is 2.32. The first-order valence-electron chi connectivity index (χ1n) is 6.13. The van der Waals surface area contributed by atoms with Crippen molar-refractivity contribution in [2.45, 2.75) is 38.3 Å².